The SMILES string of the molecule is CCOc1cc([C@H]2NC(=O)NC(C)=C2C(=O)N(CC)CC)c(Cl)cc1O. The Kier molecular flexibility index (Phi) is 6.37. The van der Waals surface area contributed by atoms with Gasteiger partial charge in [0, 0.05) is 30.4 Å². The second kappa shape index (κ2) is 8.31. The van der Waals surface area contributed by atoms with Crippen LogP contribution in [0.5, 0.6) is 11.5 Å². The number of urea groups is 1. The average molecular weight is 382 g/mol. The Morgan fingerprint density at radius 2 is 1.96 bits per heavy atom. The fraction of sp³-hybridized carbons (Fsp3) is 0.444. The van der Waals surface area contributed by atoms with Crippen molar-refractivity contribution in [3.63, 3.8) is 0 Å². The summed E-state index contributed by atoms with van der Waals surface area (Å²) >= 11 is 6.31. The summed E-state index contributed by atoms with van der Waals surface area (Å²) < 4.78 is 5.41. The van der Waals surface area contributed by atoms with Gasteiger partial charge in [-0.25, -0.2) is 4.79 Å². The van der Waals surface area contributed by atoms with E-state index in [1.54, 1.807) is 24.8 Å². The molecule has 0 spiro atoms. The number of phenols is 1. The summed E-state index contributed by atoms with van der Waals surface area (Å²) in [5.41, 5.74) is 1.36. The number of carbonyl (C=O) groups is 2. The first-order chi connectivity index (χ1) is 12.3. The molecule has 0 fully saturated rings. The summed E-state index contributed by atoms with van der Waals surface area (Å²) in [6.45, 7) is 8.69. The molecule has 26 heavy (non-hydrogen) atoms. The summed E-state index contributed by atoms with van der Waals surface area (Å²) in [7, 11) is 0. The third kappa shape index (κ3) is 3.88. The van der Waals surface area contributed by atoms with E-state index >= 15 is 0 Å². The number of phenolic OH excluding ortho intramolecular Hbond substituents is 1. The van der Waals surface area contributed by atoms with Gasteiger partial charge in [0.1, 0.15) is 0 Å². The van der Waals surface area contributed by atoms with Gasteiger partial charge in [-0.15, -0.1) is 0 Å². The van der Waals surface area contributed by atoms with E-state index in [0.717, 1.165) is 0 Å². The third-order valence-electron chi connectivity index (χ3n) is 4.24. The van der Waals surface area contributed by atoms with Gasteiger partial charge in [0.05, 0.1) is 23.2 Å². The number of amides is 3. The quantitative estimate of drug-likeness (QED) is 0.706. The van der Waals surface area contributed by atoms with Gasteiger partial charge in [-0.05, 0) is 33.8 Å². The zero-order chi connectivity index (χ0) is 19.4. The third-order valence-corrected chi connectivity index (χ3v) is 4.57. The van der Waals surface area contributed by atoms with Crippen LogP contribution in [0.1, 0.15) is 39.3 Å². The van der Waals surface area contributed by atoms with Crippen LogP contribution in [0.4, 0.5) is 4.79 Å². The van der Waals surface area contributed by atoms with Gasteiger partial charge in [-0.1, -0.05) is 11.6 Å². The maximum atomic E-state index is 13.0. The van der Waals surface area contributed by atoms with Crippen molar-refractivity contribution < 1.29 is 19.4 Å². The Bertz CT molecular complexity index is 744. The Morgan fingerprint density at radius 3 is 2.54 bits per heavy atom. The topological polar surface area (TPSA) is 90.9 Å². The van der Waals surface area contributed by atoms with Crippen LogP contribution in [-0.2, 0) is 4.79 Å². The van der Waals surface area contributed by atoms with Crippen LogP contribution in [0.3, 0.4) is 0 Å². The molecule has 8 heteroatoms. The number of likely N-dealkylation sites (N-methyl/N-ethyl adjacent to an activating group) is 1. The van der Waals surface area contributed by atoms with E-state index in [2.05, 4.69) is 10.6 Å². The summed E-state index contributed by atoms with van der Waals surface area (Å²) in [5, 5.41) is 15.6. The maximum absolute atomic E-state index is 13.0. The number of ether oxygens (including phenoxy) is 1. The van der Waals surface area contributed by atoms with E-state index in [-0.39, 0.29) is 22.4 Å². The Labute approximate surface area is 158 Å². The first-order valence-electron chi connectivity index (χ1n) is 8.56. The highest BCUT2D eigenvalue weighted by atomic mass is 35.5. The highest BCUT2D eigenvalue weighted by Gasteiger charge is 2.34. The lowest BCUT2D eigenvalue weighted by atomic mass is 9.94. The first-order valence-corrected chi connectivity index (χ1v) is 8.94. The lowest BCUT2D eigenvalue weighted by Gasteiger charge is -2.32. The highest BCUT2D eigenvalue weighted by molar-refractivity contribution is 6.31. The van der Waals surface area contributed by atoms with Crippen LogP contribution < -0.4 is 15.4 Å². The molecule has 7 nitrogen and oxygen atoms in total. The predicted octanol–water partition coefficient (Wildman–Crippen LogP) is 2.94. The first kappa shape index (κ1) is 19.9. The number of hydrogen-bond acceptors (Lipinski definition) is 4. The molecule has 1 heterocycles. The van der Waals surface area contributed by atoms with Crippen molar-refractivity contribution in [3.8, 4) is 11.5 Å². The van der Waals surface area contributed by atoms with E-state index in [1.807, 2.05) is 13.8 Å². The minimum Gasteiger partial charge on any atom is -0.504 e. The molecular weight excluding hydrogens is 358 g/mol. The number of nitrogens with zero attached hydrogens (tertiary/aromatic N) is 1. The van der Waals surface area contributed by atoms with Crippen LogP contribution in [0.25, 0.3) is 0 Å². The van der Waals surface area contributed by atoms with Gasteiger partial charge in [0.15, 0.2) is 11.5 Å². The largest absolute Gasteiger partial charge is 0.504 e. The number of carbonyl (C=O) groups excluding carboxylic acids is 2. The number of benzene rings is 1. The number of nitrogens with one attached hydrogen (secondary N) is 2. The number of rotatable bonds is 6. The molecule has 3 amide bonds. The molecule has 0 saturated heterocycles. The molecule has 0 aromatic heterocycles. The van der Waals surface area contributed by atoms with E-state index in [4.69, 9.17) is 16.3 Å². The van der Waals surface area contributed by atoms with Crippen molar-refractivity contribution >= 4 is 23.5 Å². The zero-order valence-corrected chi connectivity index (χ0v) is 16.1. The molecule has 0 unspecified atom stereocenters. The molecule has 1 atom stereocenters. The zero-order valence-electron chi connectivity index (χ0n) is 15.4. The van der Waals surface area contributed by atoms with Gasteiger partial charge < -0.3 is 25.4 Å². The van der Waals surface area contributed by atoms with E-state index in [1.165, 1.54) is 6.07 Å². The van der Waals surface area contributed by atoms with Crippen molar-refractivity contribution in [2.45, 2.75) is 33.7 Å². The Hall–Kier alpha value is -2.41. The second-order valence-electron chi connectivity index (χ2n) is 5.82. The average Bonchev–Trinajstić information content (AvgIpc) is 2.57. The molecule has 142 valence electrons. The predicted molar refractivity (Wildman–Crippen MR) is 99.3 cm³/mol. The lowest BCUT2D eigenvalue weighted by molar-refractivity contribution is -0.127. The standard InChI is InChI=1S/C18H24ClN3O4/c1-5-22(6-2)17(24)15-10(4)20-18(25)21-16(15)11-8-14(26-7-3)13(23)9-12(11)19/h8-9,16,23H,5-7H2,1-4H3,(H2,20,21,25)/t16-/m1/s1. The van der Waals surface area contributed by atoms with Gasteiger partial charge in [-0.2, -0.15) is 0 Å². The van der Waals surface area contributed by atoms with Gasteiger partial charge in [-0.3, -0.25) is 4.79 Å². The summed E-state index contributed by atoms with van der Waals surface area (Å²) in [4.78, 5) is 26.7. The molecule has 0 saturated carbocycles. The minimum atomic E-state index is -0.746. The molecule has 1 aliphatic rings. The second-order valence-corrected chi connectivity index (χ2v) is 6.23. The minimum absolute atomic E-state index is 0.0989. The summed E-state index contributed by atoms with van der Waals surface area (Å²) in [6.07, 6.45) is 0. The molecule has 1 aromatic carbocycles. The van der Waals surface area contributed by atoms with E-state index in [9.17, 15) is 14.7 Å². The number of aromatic hydroxyl groups is 1. The van der Waals surface area contributed by atoms with Gasteiger partial charge in [0.25, 0.3) is 5.91 Å². The van der Waals surface area contributed by atoms with E-state index in [0.29, 0.717) is 36.5 Å². The van der Waals surface area contributed by atoms with Crippen molar-refractivity contribution in [2.24, 2.45) is 0 Å². The van der Waals surface area contributed by atoms with Crippen molar-refractivity contribution in [1.82, 2.24) is 15.5 Å². The maximum Gasteiger partial charge on any atom is 0.319 e. The Morgan fingerprint density at radius 1 is 1.31 bits per heavy atom. The molecule has 0 bridgehead atoms. The lowest BCUT2D eigenvalue weighted by Crippen LogP contribution is -2.47. The van der Waals surface area contributed by atoms with Gasteiger partial charge in [0.2, 0.25) is 0 Å². The highest BCUT2D eigenvalue weighted by Crippen LogP contribution is 2.39. The number of allylic oxidation sites excluding steroid dienone is 1. The van der Waals surface area contributed by atoms with Crippen LogP contribution >= 0.6 is 11.6 Å². The monoisotopic (exact) mass is 381 g/mol. The Balaban J connectivity index is 2.58. The fourth-order valence-corrected chi connectivity index (χ4v) is 3.21. The van der Waals surface area contributed by atoms with Crippen LogP contribution in [0.2, 0.25) is 5.02 Å². The molecule has 3 N–H and O–H groups in total. The van der Waals surface area contributed by atoms with Crippen LogP contribution in [-0.4, -0.2) is 41.6 Å². The molecule has 0 aliphatic carbocycles. The normalized spacial score (nSPS) is 16.8. The van der Waals surface area contributed by atoms with E-state index < -0.39 is 12.1 Å². The molecule has 1 aliphatic heterocycles. The van der Waals surface area contributed by atoms with Crippen molar-refractivity contribution in [2.75, 3.05) is 19.7 Å². The van der Waals surface area contributed by atoms with Crippen molar-refractivity contribution in [3.05, 3.63) is 34.0 Å². The summed E-state index contributed by atoms with van der Waals surface area (Å²) in [5.74, 6) is -0.0442. The van der Waals surface area contributed by atoms with Gasteiger partial charge >= 0.3 is 6.03 Å². The van der Waals surface area contributed by atoms with Crippen molar-refractivity contribution in [1.29, 1.82) is 0 Å². The smallest absolute Gasteiger partial charge is 0.319 e. The summed E-state index contributed by atoms with van der Waals surface area (Å²) in [6, 6.07) is 1.74. The molecule has 1 aromatic rings. The number of halogens is 1. The van der Waals surface area contributed by atoms with Crippen LogP contribution in [0, 0.1) is 0 Å². The molecule has 2 rings (SSSR count). The fourth-order valence-electron chi connectivity index (χ4n) is 2.94. The number of hydrogen-bond donors (Lipinski definition) is 3. The van der Waals surface area contributed by atoms with Crippen LogP contribution in [0.15, 0.2) is 23.4 Å². The molecule has 0 radical (unpaired) electrons. The molecular formula is C18H24ClN3O4.